The van der Waals surface area contributed by atoms with E-state index in [9.17, 15) is 0 Å². The van der Waals surface area contributed by atoms with Crippen LogP contribution in [0.2, 0.25) is 0 Å². The minimum absolute atomic E-state index is 0.353. The summed E-state index contributed by atoms with van der Waals surface area (Å²) in [5.41, 5.74) is 7.77. The molecular weight excluding hydrogens is 286 g/mol. The van der Waals surface area contributed by atoms with Crippen molar-refractivity contribution in [2.45, 2.75) is 33.6 Å². The fourth-order valence-corrected chi connectivity index (χ4v) is 3.59. The zero-order chi connectivity index (χ0) is 15.9. The molecule has 0 bridgehead atoms. The van der Waals surface area contributed by atoms with Gasteiger partial charge in [-0.1, -0.05) is 55.0 Å². The van der Waals surface area contributed by atoms with Crippen LogP contribution in [-0.4, -0.2) is 4.98 Å². The summed E-state index contributed by atoms with van der Waals surface area (Å²) in [4.78, 5) is 3.32. The third-order valence-corrected chi connectivity index (χ3v) is 4.68. The zero-order valence-corrected chi connectivity index (χ0v) is 14.3. The fraction of sp³-hybridized carbons (Fsp3) is 0.250. The second-order valence-corrected chi connectivity index (χ2v) is 6.61. The van der Waals surface area contributed by atoms with E-state index < -0.39 is 0 Å². The third kappa shape index (κ3) is 2.59. The first-order chi connectivity index (χ1) is 10.5. The largest absolute Gasteiger partial charge is 0.346 e. The molecule has 0 aliphatic heterocycles. The van der Waals surface area contributed by atoms with Gasteiger partial charge in [-0.05, 0) is 55.2 Å². The van der Waals surface area contributed by atoms with E-state index in [-0.39, 0.29) is 0 Å². The van der Waals surface area contributed by atoms with Crippen LogP contribution in [0.15, 0.2) is 42.5 Å². The molecule has 2 aromatic carbocycles. The summed E-state index contributed by atoms with van der Waals surface area (Å²) in [6.45, 7) is 8.78. The first kappa shape index (κ1) is 15.0. The molecule has 3 aromatic rings. The number of fused-ring (bicyclic) bond motifs is 1. The number of rotatable bonds is 2. The van der Waals surface area contributed by atoms with E-state index in [0.29, 0.717) is 5.92 Å². The van der Waals surface area contributed by atoms with Crippen molar-refractivity contribution in [3.63, 3.8) is 0 Å². The van der Waals surface area contributed by atoms with Crippen LogP contribution < -0.4 is 0 Å². The molecule has 0 aliphatic carbocycles. The van der Waals surface area contributed by atoms with Crippen LogP contribution in [0.1, 0.15) is 40.7 Å². The van der Waals surface area contributed by atoms with Gasteiger partial charge in [0.25, 0.3) is 0 Å². The van der Waals surface area contributed by atoms with Gasteiger partial charge in [-0.25, -0.2) is 0 Å². The fourth-order valence-electron chi connectivity index (χ4n) is 3.31. The maximum atomic E-state index is 5.31. The molecule has 0 fully saturated rings. The number of pyridine rings is 1. The molecule has 112 valence electrons. The van der Waals surface area contributed by atoms with E-state index in [4.69, 9.17) is 12.2 Å². The molecule has 0 radical (unpaired) electrons. The molecule has 1 nitrogen and oxygen atoms in total. The van der Waals surface area contributed by atoms with Gasteiger partial charge in [0, 0.05) is 16.8 Å². The summed E-state index contributed by atoms with van der Waals surface area (Å²) in [6.07, 6.45) is 0. The van der Waals surface area contributed by atoms with E-state index in [1.807, 2.05) is 0 Å². The van der Waals surface area contributed by atoms with E-state index in [1.54, 1.807) is 0 Å². The van der Waals surface area contributed by atoms with Crippen LogP contribution in [-0.2, 0) is 0 Å². The Morgan fingerprint density at radius 2 is 1.68 bits per heavy atom. The Morgan fingerprint density at radius 1 is 0.909 bits per heavy atom. The highest BCUT2D eigenvalue weighted by Gasteiger charge is 2.15. The van der Waals surface area contributed by atoms with Crippen molar-refractivity contribution in [2.24, 2.45) is 0 Å². The summed E-state index contributed by atoms with van der Waals surface area (Å²) in [7, 11) is 0. The third-order valence-electron chi connectivity index (χ3n) is 4.46. The topological polar surface area (TPSA) is 15.8 Å². The highest BCUT2D eigenvalue weighted by Crippen LogP contribution is 2.33. The van der Waals surface area contributed by atoms with Gasteiger partial charge in [0.2, 0.25) is 0 Å². The average Bonchev–Trinajstić information content (AvgIpc) is 2.48. The van der Waals surface area contributed by atoms with E-state index in [1.165, 1.54) is 33.2 Å². The number of hydrogen-bond donors (Lipinski definition) is 1. The summed E-state index contributed by atoms with van der Waals surface area (Å²) < 4.78 is 0.793. The number of aromatic nitrogens is 1. The first-order valence-corrected chi connectivity index (χ1v) is 8.08. The molecule has 0 aliphatic rings. The molecule has 1 aromatic heterocycles. The molecule has 1 N–H and O–H groups in total. The Morgan fingerprint density at radius 3 is 2.45 bits per heavy atom. The van der Waals surface area contributed by atoms with E-state index in [0.717, 1.165) is 10.2 Å². The highest BCUT2D eigenvalue weighted by atomic mass is 32.1. The number of benzene rings is 2. The quantitative estimate of drug-likeness (QED) is 0.576. The molecule has 0 amide bonds. The lowest BCUT2D eigenvalue weighted by molar-refractivity contribution is 0.916. The average molecular weight is 307 g/mol. The van der Waals surface area contributed by atoms with Crippen molar-refractivity contribution < 1.29 is 0 Å². The van der Waals surface area contributed by atoms with Crippen LogP contribution in [0.25, 0.3) is 10.9 Å². The van der Waals surface area contributed by atoms with Crippen LogP contribution >= 0.6 is 12.2 Å². The second kappa shape index (κ2) is 5.69. The number of aryl methyl sites for hydroxylation is 3. The predicted molar refractivity (Wildman–Crippen MR) is 97.3 cm³/mol. The Kier molecular flexibility index (Phi) is 3.88. The standard InChI is InChI=1S/C20H21NS/c1-12-8-9-13(2)17(10-12)15(4)16-6-5-7-18-20(16)14(3)11-19(22)21-18/h5-11,15H,1-4H3,(H,21,22). The summed E-state index contributed by atoms with van der Waals surface area (Å²) in [5, 5.41) is 1.30. The predicted octanol–water partition coefficient (Wildman–Crippen LogP) is 5.97. The smallest absolute Gasteiger partial charge is 0.103 e. The van der Waals surface area contributed by atoms with Gasteiger partial charge in [-0.15, -0.1) is 0 Å². The minimum Gasteiger partial charge on any atom is -0.346 e. The van der Waals surface area contributed by atoms with Gasteiger partial charge < -0.3 is 4.98 Å². The van der Waals surface area contributed by atoms with Crippen molar-refractivity contribution in [3.05, 3.63) is 74.9 Å². The van der Waals surface area contributed by atoms with Crippen molar-refractivity contribution >= 4 is 23.1 Å². The molecule has 22 heavy (non-hydrogen) atoms. The van der Waals surface area contributed by atoms with Crippen molar-refractivity contribution in [2.75, 3.05) is 0 Å². The van der Waals surface area contributed by atoms with Gasteiger partial charge in [0.15, 0.2) is 0 Å². The Labute approximate surface area is 137 Å². The number of nitrogens with one attached hydrogen (secondary N) is 1. The van der Waals surface area contributed by atoms with E-state index in [2.05, 4.69) is 75.1 Å². The molecule has 0 saturated heterocycles. The van der Waals surface area contributed by atoms with Crippen LogP contribution in [0.4, 0.5) is 0 Å². The Hall–Kier alpha value is -1.93. The summed E-state index contributed by atoms with van der Waals surface area (Å²) >= 11 is 5.31. The number of hydrogen-bond acceptors (Lipinski definition) is 1. The minimum atomic E-state index is 0.353. The summed E-state index contributed by atoms with van der Waals surface area (Å²) in [5.74, 6) is 0.353. The Bertz CT molecular complexity index is 905. The summed E-state index contributed by atoms with van der Waals surface area (Å²) in [6, 6.07) is 15.2. The van der Waals surface area contributed by atoms with Crippen molar-refractivity contribution in [1.82, 2.24) is 4.98 Å². The maximum absolute atomic E-state index is 5.31. The van der Waals surface area contributed by atoms with Gasteiger partial charge in [0.1, 0.15) is 4.64 Å². The lowest BCUT2D eigenvalue weighted by Gasteiger charge is -2.19. The van der Waals surface area contributed by atoms with Gasteiger partial charge in [-0.2, -0.15) is 0 Å². The van der Waals surface area contributed by atoms with Crippen molar-refractivity contribution in [3.8, 4) is 0 Å². The first-order valence-electron chi connectivity index (χ1n) is 7.67. The maximum Gasteiger partial charge on any atom is 0.103 e. The highest BCUT2D eigenvalue weighted by molar-refractivity contribution is 7.71. The number of H-pyrrole nitrogens is 1. The molecule has 2 heteroatoms. The van der Waals surface area contributed by atoms with Crippen LogP contribution in [0.3, 0.4) is 0 Å². The lowest BCUT2D eigenvalue weighted by atomic mass is 9.86. The van der Waals surface area contributed by atoms with Crippen LogP contribution in [0.5, 0.6) is 0 Å². The van der Waals surface area contributed by atoms with Crippen molar-refractivity contribution in [1.29, 1.82) is 0 Å². The van der Waals surface area contributed by atoms with Crippen LogP contribution in [0, 0.1) is 25.4 Å². The molecule has 1 unspecified atom stereocenters. The SMILES string of the molecule is Cc1ccc(C)c(C(C)c2cccc3[nH]c(=S)cc(C)c23)c1. The second-order valence-electron chi connectivity index (χ2n) is 6.17. The van der Waals surface area contributed by atoms with E-state index >= 15 is 0 Å². The molecule has 1 atom stereocenters. The molecule has 1 heterocycles. The monoisotopic (exact) mass is 307 g/mol. The molecule has 3 rings (SSSR count). The number of aromatic amines is 1. The van der Waals surface area contributed by atoms with Gasteiger partial charge >= 0.3 is 0 Å². The van der Waals surface area contributed by atoms with Gasteiger partial charge in [0.05, 0.1) is 0 Å². The lowest BCUT2D eigenvalue weighted by Crippen LogP contribution is -2.02. The zero-order valence-electron chi connectivity index (χ0n) is 13.5. The molecule has 0 spiro atoms. The van der Waals surface area contributed by atoms with Gasteiger partial charge in [-0.3, -0.25) is 0 Å². The normalized spacial score (nSPS) is 12.5. The Balaban J connectivity index is 2.26. The molecular formula is C20H21NS. The molecule has 0 saturated carbocycles.